The number of hydrogen-bond acceptors (Lipinski definition) is 6. The van der Waals surface area contributed by atoms with Gasteiger partial charge in [-0.15, -0.1) is 0 Å². The number of carbonyl (C=O) groups is 3. The van der Waals surface area contributed by atoms with E-state index in [1.54, 1.807) is 42.5 Å². The van der Waals surface area contributed by atoms with Crippen molar-refractivity contribution in [1.82, 2.24) is 5.32 Å². The molecule has 0 aromatic heterocycles. The molecule has 0 bridgehead atoms. The SMILES string of the molecule is CCNC(=O)c1cccc(NC(=O)COC(=O)[C@H](C)Oc2ccc(C#N)cc2)c1. The van der Waals surface area contributed by atoms with Crippen molar-refractivity contribution in [2.45, 2.75) is 20.0 Å². The zero-order valence-corrected chi connectivity index (χ0v) is 16.1. The third-order valence-electron chi connectivity index (χ3n) is 3.72. The van der Waals surface area contributed by atoms with Crippen LogP contribution < -0.4 is 15.4 Å². The number of nitrogens with one attached hydrogen (secondary N) is 2. The molecule has 8 nitrogen and oxygen atoms in total. The first kappa shape index (κ1) is 21.4. The first-order chi connectivity index (χ1) is 13.9. The Morgan fingerprint density at radius 1 is 1.14 bits per heavy atom. The lowest BCUT2D eigenvalue weighted by Crippen LogP contribution is -2.29. The van der Waals surface area contributed by atoms with Crippen LogP contribution in [0.15, 0.2) is 48.5 Å². The predicted molar refractivity (Wildman–Crippen MR) is 105 cm³/mol. The molecule has 2 aromatic carbocycles. The topological polar surface area (TPSA) is 118 Å². The molecule has 0 spiro atoms. The summed E-state index contributed by atoms with van der Waals surface area (Å²) in [4.78, 5) is 35.9. The molecule has 2 aromatic rings. The van der Waals surface area contributed by atoms with Crippen molar-refractivity contribution in [2.24, 2.45) is 0 Å². The van der Waals surface area contributed by atoms with E-state index in [1.807, 2.05) is 13.0 Å². The minimum atomic E-state index is -0.934. The van der Waals surface area contributed by atoms with Crippen LogP contribution in [-0.4, -0.2) is 37.0 Å². The summed E-state index contributed by atoms with van der Waals surface area (Å²) in [7, 11) is 0. The average Bonchev–Trinajstić information content (AvgIpc) is 2.73. The second-order valence-corrected chi connectivity index (χ2v) is 5.99. The maximum Gasteiger partial charge on any atom is 0.347 e. The molecule has 2 amide bonds. The third kappa shape index (κ3) is 6.66. The first-order valence-electron chi connectivity index (χ1n) is 8.94. The normalized spacial score (nSPS) is 10.9. The smallest absolute Gasteiger partial charge is 0.347 e. The minimum absolute atomic E-state index is 0.246. The standard InChI is InChI=1S/C21H21N3O5/c1-3-23-20(26)16-5-4-6-17(11-16)24-19(25)13-28-21(27)14(2)29-18-9-7-15(12-22)8-10-18/h4-11,14H,3,13H2,1-2H3,(H,23,26)(H,24,25)/t14-/m0/s1. The number of ether oxygens (including phenoxy) is 2. The van der Waals surface area contributed by atoms with Gasteiger partial charge in [-0.2, -0.15) is 5.26 Å². The number of carbonyl (C=O) groups excluding carboxylic acids is 3. The summed E-state index contributed by atoms with van der Waals surface area (Å²) in [5.74, 6) is -1.10. The molecule has 0 unspecified atom stereocenters. The fourth-order valence-corrected chi connectivity index (χ4v) is 2.31. The van der Waals surface area contributed by atoms with Gasteiger partial charge in [-0.1, -0.05) is 6.07 Å². The van der Waals surface area contributed by atoms with Gasteiger partial charge in [0.2, 0.25) is 0 Å². The van der Waals surface area contributed by atoms with Gasteiger partial charge in [-0.3, -0.25) is 9.59 Å². The van der Waals surface area contributed by atoms with Crippen LogP contribution in [0.25, 0.3) is 0 Å². The molecule has 0 aliphatic carbocycles. The molecule has 2 rings (SSSR count). The summed E-state index contributed by atoms with van der Waals surface area (Å²) in [5, 5.41) is 14.0. The Kier molecular flexibility index (Phi) is 7.74. The summed E-state index contributed by atoms with van der Waals surface area (Å²) in [6.45, 7) is 3.30. The van der Waals surface area contributed by atoms with E-state index >= 15 is 0 Å². The van der Waals surface area contributed by atoms with Crippen LogP contribution in [0.1, 0.15) is 29.8 Å². The summed E-state index contributed by atoms with van der Waals surface area (Å²) < 4.78 is 10.4. The van der Waals surface area contributed by atoms with Gasteiger partial charge in [0.1, 0.15) is 5.75 Å². The van der Waals surface area contributed by atoms with Crippen LogP contribution in [0.4, 0.5) is 5.69 Å². The van der Waals surface area contributed by atoms with Gasteiger partial charge >= 0.3 is 5.97 Å². The molecule has 2 N–H and O–H groups in total. The molecule has 29 heavy (non-hydrogen) atoms. The lowest BCUT2D eigenvalue weighted by Gasteiger charge is -2.14. The summed E-state index contributed by atoms with van der Waals surface area (Å²) >= 11 is 0. The highest BCUT2D eigenvalue weighted by atomic mass is 16.6. The van der Waals surface area contributed by atoms with Gasteiger partial charge in [0, 0.05) is 17.8 Å². The van der Waals surface area contributed by atoms with Gasteiger partial charge in [0.25, 0.3) is 11.8 Å². The maximum absolute atomic E-state index is 12.0. The van der Waals surface area contributed by atoms with Gasteiger partial charge in [0.05, 0.1) is 11.6 Å². The van der Waals surface area contributed by atoms with Crippen molar-refractivity contribution >= 4 is 23.5 Å². The Balaban J connectivity index is 1.83. The lowest BCUT2D eigenvalue weighted by molar-refractivity contribution is -0.153. The van der Waals surface area contributed by atoms with Crippen LogP contribution >= 0.6 is 0 Å². The van der Waals surface area contributed by atoms with Crippen LogP contribution in [-0.2, 0) is 14.3 Å². The highest BCUT2D eigenvalue weighted by Crippen LogP contribution is 2.14. The molecule has 0 aliphatic rings. The van der Waals surface area contributed by atoms with Gasteiger partial charge < -0.3 is 20.1 Å². The lowest BCUT2D eigenvalue weighted by atomic mass is 10.2. The zero-order valence-electron chi connectivity index (χ0n) is 16.1. The number of amides is 2. The molecule has 0 heterocycles. The van der Waals surface area contributed by atoms with Crippen LogP contribution in [0.2, 0.25) is 0 Å². The Morgan fingerprint density at radius 2 is 1.86 bits per heavy atom. The fourth-order valence-electron chi connectivity index (χ4n) is 2.31. The number of nitriles is 1. The van der Waals surface area contributed by atoms with Crippen molar-refractivity contribution < 1.29 is 23.9 Å². The Labute approximate surface area is 168 Å². The largest absolute Gasteiger partial charge is 0.479 e. The van der Waals surface area contributed by atoms with Crippen LogP contribution in [0, 0.1) is 11.3 Å². The van der Waals surface area contributed by atoms with Gasteiger partial charge in [-0.25, -0.2) is 4.79 Å². The molecule has 0 radical (unpaired) electrons. The van der Waals surface area contributed by atoms with Crippen LogP contribution in [0.3, 0.4) is 0 Å². The summed E-state index contributed by atoms with van der Waals surface area (Å²) in [5.41, 5.74) is 1.29. The van der Waals surface area contributed by atoms with Crippen molar-refractivity contribution in [3.63, 3.8) is 0 Å². The molecule has 150 valence electrons. The average molecular weight is 395 g/mol. The fraction of sp³-hybridized carbons (Fsp3) is 0.238. The quantitative estimate of drug-likeness (QED) is 0.662. The van der Waals surface area contributed by atoms with Gasteiger partial charge in [-0.05, 0) is 56.3 Å². The van der Waals surface area contributed by atoms with E-state index in [2.05, 4.69) is 10.6 Å². The molecular weight excluding hydrogens is 374 g/mol. The van der Waals surface area contributed by atoms with E-state index in [-0.39, 0.29) is 5.91 Å². The second kappa shape index (κ2) is 10.5. The first-order valence-corrected chi connectivity index (χ1v) is 8.94. The number of esters is 1. The zero-order chi connectivity index (χ0) is 21.2. The highest BCUT2D eigenvalue weighted by molar-refractivity contribution is 5.97. The molecule has 1 atom stereocenters. The van der Waals surface area contributed by atoms with E-state index in [0.717, 1.165) is 0 Å². The van der Waals surface area contributed by atoms with E-state index in [4.69, 9.17) is 14.7 Å². The summed E-state index contributed by atoms with van der Waals surface area (Å²) in [6.07, 6.45) is -0.934. The highest BCUT2D eigenvalue weighted by Gasteiger charge is 2.18. The molecular formula is C21H21N3O5. The number of hydrogen-bond donors (Lipinski definition) is 2. The van der Waals surface area contributed by atoms with E-state index in [0.29, 0.717) is 29.1 Å². The summed E-state index contributed by atoms with van der Waals surface area (Å²) in [6, 6.07) is 14.7. The van der Waals surface area contributed by atoms with Gasteiger partial charge in [0.15, 0.2) is 12.7 Å². The van der Waals surface area contributed by atoms with Crippen molar-refractivity contribution in [3.8, 4) is 11.8 Å². The Hall–Kier alpha value is -3.86. The molecule has 0 aliphatic heterocycles. The predicted octanol–water partition coefficient (Wildman–Crippen LogP) is 2.26. The Morgan fingerprint density at radius 3 is 2.52 bits per heavy atom. The van der Waals surface area contributed by atoms with Crippen LogP contribution in [0.5, 0.6) is 5.75 Å². The monoisotopic (exact) mass is 395 g/mol. The van der Waals surface area contributed by atoms with Crippen molar-refractivity contribution in [1.29, 1.82) is 5.26 Å². The number of rotatable bonds is 8. The molecule has 0 saturated heterocycles. The van der Waals surface area contributed by atoms with E-state index in [9.17, 15) is 14.4 Å². The third-order valence-corrected chi connectivity index (χ3v) is 3.72. The maximum atomic E-state index is 12.0. The van der Waals surface area contributed by atoms with E-state index < -0.39 is 24.6 Å². The number of nitrogens with zero attached hydrogens (tertiary/aromatic N) is 1. The van der Waals surface area contributed by atoms with Crippen molar-refractivity contribution in [3.05, 3.63) is 59.7 Å². The second-order valence-electron chi connectivity index (χ2n) is 5.99. The Bertz CT molecular complexity index is 919. The molecule has 0 fully saturated rings. The molecule has 0 saturated carbocycles. The van der Waals surface area contributed by atoms with Crippen molar-refractivity contribution in [2.75, 3.05) is 18.5 Å². The van der Waals surface area contributed by atoms with E-state index in [1.165, 1.54) is 13.0 Å². The number of anilines is 1. The molecule has 8 heteroatoms. The minimum Gasteiger partial charge on any atom is -0.479 e. The number of benzene rings is 2.